The largest absolute Gasteiger partial charge is 0.497 e. The summed E-state index contributed by atoms with van der Waals surface area (Å²) in [6.07, 6.45) is 1.47. The van der Waals surface area contributed by atoms with E-state index >= 15 is 0 Å². The molecule has 0 N–H and O–H groups in total. The van der Waals surface area contributed by atoms with Gasteiger partial charge in [-0.3, -0.25) is 4.79 Å². The van der Waals surface area contributed by atoms with Crippen molar-refractivity contribution in [3.8, 4) is 22.9 Å². The lowest BCUT2D eigenvalue weighted by molar-refractivity contribution is 0.0733. The quantitative estimate of drug-likeness (QED) is 0.118. The van der Waals surface area contributed by atoms with Gasteiger partial charge in [-0.1, -0.05) is 58.4 Å². The smallest absolute Gasteiger partial charge is 0.343 e. The summed E-state index contributed by atoms with van der Waals surface area (Å²) in [5, 5.41) is 4.95. The molecule has 0 unspecified atom stereocenters. The minimum atomic E-state index is -0.556. The van der Waals surface area contributed by atoms with Crippen molar-refractivity contribution < 1.29 is 14.3 Å². The van der Waals surface area contributed by atoms with Crippen molar-refractivity contribution in [2.45, 2.75) is 0 Å². The number of aromatic nitrogens is 2. The summed E-state index contributed by atoms with van der Waals surface area (Å²) in [4.78, 5) is 31.1. The third-order valence-corrected chi connectivity index (χ3v) is 6.70. The van der Waals surface area contributed by atoms with Crippen LogP contribution in [0.25, 0.3) is 22.3 Å². The van der Waals surface area contributed by atoms with E-state index in [0.29, 0.717) is 38.1 Å². The van der Waals surface area contributed by atoms with Gasteiger partial charge in [0.05, 0.1) is 34.3 Å². The van der Waals surface area contributed by atoms with E-state index in [0.717, 1.165) is 10.0 Å². The Balaban J connectivity index is 1.59. The topological polar surface area (TPSA) is 82.8 Å². The molecular weight excluding hydrogens is 614 g/mol. The van der Waals surface area contributed by atoms with Crippen molar-refractivity contribution in [1.29, 1.82) is 0 Å². The van der Waals surface area contributed by atoms with Gasteiger partial charge in [0.15, 0.2) is 11.6 Å². The summed E-state index contributed by atoms with van der Waals surface area (Å²) in [5.41, 5.74) is 1.80. The Morgan fingerprint density at radius 3 is 2.39 bits per heavy atom. The monoisotopic (exact) mass is 631 g/mol. The third kappa shape index (κ3) is 5.29. The number of carbonyl (C=O) groups is 1. The fraction of sp³-hybridized carbons (Fsp3) is 0.0345. The van der Waals surface area contributed by atoms with E-state index in [1.165, 1.54) is 10.9 Å². The minimum absolute atomic E-state index is 0.251. The predicted octanol–water partition coefficient (Wildman–Crippen LogP) is 6.70. The first kappa shape index (κ1) is 25.6. The van der Waals surface area contributed by atoms with Crippen LogP contribution in [0.1, 0.15) is 15.9 Å². The Morgan fingerprint density at radius 2 is 1.66 bits per heavy atom. The van der Waals surface area contributed by atoms with Crippen molar-refractivity contribution >= 4 is 54.9 Å². The lowest BCUT2D eigenvalue weighted by Gasteiger charge is -2.12. The maximum atomic E-state index is 13.5. The van der Waals surface area contributed by atoms with Crippen molar-refractivity contribution in [1.82, 2.24) is 9.66 Å². The molecule has 9 heteroatoms. The maximum Gasteiger partial charge on any atom is 0.343 e. The van der Waals surface area contributed by atoms with Crippen molar-refractivity contribution in [2.75, 3.05) is 7.11 Å². The number of halogens is 2. The molecule has 0 saturated carbocycles. The number of methoxy groups -OCH3 is 1. The average molecular weight is 633 g/mol. The molecule has 5 aromatic rings. The number of ether oxygens (including phenoxy) is 2. The van der Waals surface area contributed by atoms with E-state index in [1.54, 1.807) is 61.7 Å². The molecular formula is C29H19Br2N3O4. The first-order valence-electron chi connectivity index (χ1n) is 11.4. The van der Waals surface area contributed by atoms with Crippen LogP contribution >= 0.6 is 31.9 Å². The molecule has 38 heavy (non-hydrogen) atoms. The van der Waals surface area contributed by atoms with Gasteiger partial charge in [0, 0.05) is 15.6 Å². The average Bonchev–Trinajstić information content (AvgIpc) is 2.94. The Labute approximate surface area is 234 Å². The van der Waals surface area contributed by atoms with Gasteiger partial charge in [-0.15, -0.1) is 0 Å². The first-order chi connectivity index (χ1) is 18.4. The lowest BCUT2D eigenvalue weighted by Crippen LogP contribution is -2.20. The Kier molecular flexibility index (Phi) is 7.48. The minimum Gasteiger partial charge on any atom is -0.497 e. The molecule has 0 amide bonds. The molecule has 0 saturated heterocycles. The van der Waals surface area contributed by atoms with Gasteiger partial charge in [0.25, 0.3) is 5.56 Å². The molecule has 0 fully saturated rings. The molecule has 188 valence electrons. The Morgan fingerprint density at radius 1 is 0.947 bits per heavy atom. The van der Waals surface area contributed by atoms with Crippen molar-refractivity contribution in [2.24, 2.45) is 5.10 Å². The number of hydrogen-bond acceptors (Lipinski definition) is 6. The number of benzene rings is 4. The molecule has 0 atom stereocenters. The highest BCUT2D eigenvalue weighted by Crippen LogP contribution is 2.33. The van der Waals surface area contributed by atoms with E-state index in [2.05, 4.69) is 37.0 Å². The van der Waals surface area contributed by atoms with Gasteiger partial charge in [-0.05, 0) is 64.5 Å². The Bertz CT molecular complexity index is 1730. The SMILES string of the molecule is COc1ccc(C(=O)Oc2c(Br)cc(Br)cc2C=Nn2c(-c3ccccc3)nc3ccccc3c2=O)cc1. The van der Waals surface area contributed by atoms with Crippen LogP contribution in [-0.2, 0) is 0 Å². The van der Waals surface area contributed by atoms with E-state index in [4.69, 9.17) is 14.5 Å². The van der Waals surface area contributed by atoms with Crippen LogP contribution in [0.2, 0.25) is 0 Å². The van der Waals surface area contributed by atoms with Crippen molar-refractivity contribution in [3.05, 3.63) is 121 Å². The zero-order valence-electron chi connectivity index (χ0n) is 20.0. The Hall–Kier alpha value is -4.08. The summed E-state index contributed by atoms with van der Waals surface area (Å²) in [6.45, 7) is 0. The van der Waals surface area contributed by atoms with Gasteiger partial charge in [-0.25, -0.2) is 9.78 Å². The standard InChI is InChI=1S/C29H19Br2N3O4/c1-37-22-13-11-19(12-14-22)29(36)38-26-20(15-21(30)16-24(26)31)17-32-34-27(18-7-3-2-4-8-18)33-25-10-6-5-9-23(25)28(34)35/h2-17H,1H3. The summed E-state index contributed by atoms with van der Waals surface area (Å²) >= 11 is 6.95. The van der Waals surface area contributed by atoms with Crippen LogP contribution in [0.4, 0.5) is 0 Å². The van der Waals surface area contributed by atoms with Crippen LogP contribution < -0.4 is 15.0 Å². The molecule has 5 rings (SSSR count). The number of para-hydroxylation sites is 1. The van der Waals surface area contributed by atoms with Crippen LogP contribution in [0.15, 0.2) is 110 Å². The van der Waals surface area contributed by atoms with E-state index in [9.17, 15) is 9.59 Å². The third-order valence-electron chi connectivity index (χ3n) is 5.66. The van der Waals surface area contributed by atoms with Crippen LogP contribution in [0.5, 0.6) is 11.5 Å². The van der Waals surface area contributed by atoms with Gasteiger partial charge >= 0.3 is 5.97 Å². The zero-order valence-corrected chi connectivity index (χ0v) is 23.1. The molecule has 1 aromatic heterocycles. The number of nitrogens with zero attached hydrogens (tertiary/aromatic N) is 3. The second kappa shape index (κ2) is 11.1. The van der Waals surface area contributed by atoms with Gasteiger partial charge in [-0.2, -0.15) is 9.78 Å². The van der Waals surface area contributed by atoms with Gasteiger partial charge in [0.2, 0.25) is 0 Å². The van der Waals surface area contributed by atoms with Crippen molar-refractivity contribution in [3.63, 3.8) is 0 Å². The molecule has 0 aliphatic rings. The summed E-state index contributed by atoms with van der Waals surface area (Å²) < 4.78 is 13.4. The molecule has 4 aromatic carbocycles. The summed E-state index contributed by atoms with van der Waals surface area (Å²) in [5.74, 6) is 0.708. The van der Waals surface area contributed by atoms with E-state index in [1.807, 2.05) is 36.4 Å². The van der Waals surface area contributed by atoms with Gasteiger partial charge < -0.3 is 9.47 Å². The molecule has 0 radical (unpaired) electrons. The molecule has 0 spiro atoms. The molecule has 0 bridgehead atoms. The predicted molar refractivity (Wildman–Crippen MR) is 154 cm³/mol. The zero-order chi connectivity index (χ0) is 26.6. The fourth-order valence-electron chi connectivity index (χ4n) is 3.79. The highest BCUT2D eigenvalue weighted by atomic mass is 79.9. The number of rotatable bonds is 6. The second-order valence-electron chi connectivity index (χ2n) is 8.10. The molecule has 0 aliphatic heterocycles. The summed E-state index contributed by atoms with van der Waals surface area (Å²) in [6, 6.07) is 26.6. The normalized spacial score (nSPS) is 11.1. The van der Waals surface area contributed by atoms with E-state index < -0.39 is 5.97 Å². The first-order valence-corrected chi connectivity index (χ1v) is 13.0. The molecule has 7 nitrogen and oxygen atoms in total. The highest BCUT2D eigenvalue weighted by molar-refractivity contribution is 9.11. The number of hydrogen-bond donors (Lipinski definition) is 0. The lowest BCUT2D eigenvalue weighted by atomic mass is 10.2. The molecule has 1 heterocycles. The van der Waals surface area contributed by atoms with Crippen LogP contribution in [0, 0.1) is 0 Å². The summed E-state index contributed by atoms with van der Waals surface area (Å²) in [7, 11) is 1.55. The van der Waals surface area contributed by atoms with Crippen LogP contribution in [-0.4, -0.2) is 29.0 Å². The molecule has 0 aliphatic carbocycles. The van der Waals surface area contributed by atoms with E-state index in [-0.39, 0.29) is 11.3 Å². The number of carbonyl (C=O) groups excluding carboxylic acids is 1. The number of fused-ring (bicyclic) bond motifs is 1. The van der Waals surface area contributed by atoms with Crippen LogP contribution in [0.3, 0.4) is 0 Å². The highest BCUT2D eigenvalue weighted by Gasteiger charge is 2.17. The second-order valence-corrected chi connectivity index (χ2v) is 9.87. The number of esters is 1. The van der Waals surface area contributed by atoms with Gasteiger partial charge in [0.1, 0.15) is 5.75 Å². The maximum absolute atomic E-state index is 13.5. The fourth-order valence-corrected chi connectivity index (χ4v) is 5.13.